The highest BCUT2D eigenvalue weighted by Crippen LogP contribution is 2.39. The Hall–Kier alpha value is -0.530. The zero-order valence-corrected chi connectivity index (χ0v) is 14.7. The van der Waals surface area contributed by atoms with E-state index in [2.05, 4.69) is 51.3 Å². The van der Waals surface area contributed by atoms with Crippen LogP contribution in [0.25, 0.3) is 0 Å². The third-order valence-electron chi connectivity index (χ3n) is 5.28. The molecule has 1 N–H and O–H groups in total. The topological polar surface area (TPSA) is 12.0 Å². The summed E-state index contributed by atoms with van der Waals surface area (Å²) in [6.07, 6.45) is 5.24. The van der Waals surface area contributed by atoms with Gasteiger partial charge >= 0.3 is 0 Å². The average molecular weight is 308 g/mol. The van der Waals surface area contributed by atoms with Crippen molar-refractivity contribution in [1.82, 2.24) is 5.32 Å². The van der Waals surface area contributed by atoms with Gasteiger partial charge in [0.05, 0.1) is 0 Å². The van der Waals surface area contributed by atoms with E-state index in [1.165, 1.54) is 30.4 Å². The van der Waals surface area contributed by atoms with Crippen LogP contribution >= 0.6 is 11.6 Å². The highest BCUT2D eigenvalue weighted by atomic mass is 35.5. The first kappa shape index (κ1) is 16.8. The SMILES string of the molecule is CNCC1CCC(C(C)C)CC1Cc1ccc(C)cc1Cl. The van der Waals surface area contributed by atoms with Gasteiger partial charge in [0.15, 0.2) is 0 Å². The van der Waals surface area contributed by atoms with E-state index in [-0.39, 0.29) is 0 Å². The summed E-state index contributed by atoms with van der Waals surface area (Å²) >= 11 is 6.46. The Kier molecular flexibility index (Phi) is 6.13. The van der Waals surface area contributed by atoms with Crippen molar-refractivity contribution in [2.75, 3.05) is 13.6 Å². The Balaban J connectivity index is 2.11. The normalized spacial score (nSPS) is 26.3. The molecule has 0 spiro atoms. The molecule has 1 aliphatic carbocycles. The summed E-state index contributed by atoms with van der Waals surface area (Å²) in [5, 5.41) is 4.34. The van der Waals surface area contributed by atoms with Gasteiger partial charge in [-0.1, -0.05) is 37.6 Å². The number of nitrogens with one attached hydrogen (secondary N) is 1. The van der Waals surface area contributed by atoms with Crippen LogP contribution in [0.1, 0.15) is 44.2 Å². The lowest BCUT2D eigenvalue weighted by Crippen LogP contribution is -2.34. The minimum Gasteiger partial charge on any atom is -0.319 e. The van der Waals surface area contributed by atoms with Gasteiger partial charge in [0.25, 0.3) is 0 Å². The quantitative estimate of drug-likeness (QED) is 0.798. The summed E-state index contributed by atoms with van der Waals surface area (Å²) in [5.41, 5.74) is 2.58. The average Bonchev–Trinajstić information content (AvgIpc) is 2.43. The maximum absolute atomic E-state index is 6.46. The fraction of sp³-hybridized carbons (Fsp3) is 0.684. The zero-order valence-electron chi connectivity index (χ0n) is 14.0. The van der Waals surface area contributed by atoms with Crippen LogP contribution in [0.3, 0.4) is 0 Å². The van der Waals surface area contributed by atoms with Crippen LogP contribution in [-0.2, 0) is 6.42 Å². The third kappa shape index (κ3) is 4.47. The molecule has 3 unspecified atom stereocenters. The first-order valence-electron chi connectivity index (χ1n) is 8.40. The second-order valence-corrected chi connectivity index (χ2v) is 7.60. The molecule has 0 bridgehead atoms. The van der Waals surface area contributed by atoms with Crippen molar-refractivity contribution < 1.29 is 0 Å². The van der Waals surface area contributed by atoms with E-state index in [0.717, 1.165) is 41.7 Å². The number of halogens is 1. The van der Waals surface area contributed by atoms with Gasteiger partial charge in [0, 0.05) is 5.02 Å². The number of hydrogen-bond acceptors (Lipinski definition) is 1. The Morgan fingerprint density at radius 1 is 1.24 bits per heavy atom. The fourth-order valence-electron chi connectivity index (χ4n) is 3.85. The lowest BCUT2D eigenvalue weighted by atomic mass is 9.68. The van der Waals surface area contributed by atoms with Crippen LogP contribution in [0, 0.1) is 30.6 Å². The summed E-state index contributed by atoms with van der Waals surface area (Å²) in [5.74, 6) is 3.24. The van der Waals surface area contributed by atoms with E-state index >= 15 is 0 Å². The summed E-state index contributed by atoms with van der Waals surface area (Å²) in [7, 11) is 2.07. The number of hydrogen-bond donors (Lipinski definition) is 1. The maximum Gasteiger partial charge on any atom is 0.0440 e. The van der Waals surface area contributed by atoms with Gasteiger partial charge in [-0.25, -0.2) is 0 Å². The Morgan fingerprint density at radius 2 is 2.00 bits per heavy atom. The second kappa shape index (κ2) is 7.65. The molecule has 3 atom stereocenters. The molecule has 2 heteroatoms. The van der Waals surface area contributed by atoms with E-state index in [0.29, 0.717) is 0 Å². The van der Waals surface area contributed by atoms with Crippen LogP contribution in [0.15, 0.2) is 18.2 Å². The molecule has 1 saturated carbocycles. The molecule has 0 saturated heterocycles. The van der Waals surface area contributed by atoms with Crippen molar-refractivity contribution in [2.24, 2.45) is 23.7 Å². The molecule has 0 aromatic heterocycles. The molecular formula is C19H30ClN. The second-order valence-electron chi connectivity index (χ2n) is 7.19. The summed E-state index contributed by atoms with van der Waals surface area (Å²) < 4.78 is 0. The highest BCUT2D eigenvalue weighted by molar-refractivity contribution is 6.31. The van der Waals surface area contributed by atoms with Crippen molar-refractivity contribution in [2.45, 2.75) is 46.5 Å². The molecule has 1 aromatic rings. The van der Waals surface area contributed by atoms with Crippen LogP contribution < -0.4 is 5.32 Å². The van der Waals surface area contributed by atoms with Crippen molar-refractivity contribution in [3.63, 3.8) is 0 Å². The maximum atomic E-state index is 6.46. The standard InChI is InChI=1S/C19H30ClN/c1-13(2)15-7-8-17(12-21-4)18(10-15)11-16-6-5-14(3)9-19(16)20/h5-6,9,13,15,17-18,21H,7-8,10-12H2,1-4H3. The Morgan fingerprint density at radius 3 is 2.62 bits per heavy atom. The molecule has 1 nitrogen and oxygen atoms in total. The molecule has 1 aliphatic rings. The molecule has 0 radical (unpaired) electrons. The van der Waals surface area contributed by atoms with Crippen LogP contribution in [0.2, 0.25) is 5.02 Å². The molecule has 0 heterocycles. The predicted octanol–water partition coefficient (Wildman–Crippen LogP) is 5.10. The lowest BCUT2D eigenvalue weighted by molar-refractivity contribution is 0.146. The highest BCUT2D eigenvalue weighted by Gasteiger charge is 2.31. The number of rotatable bonds is 5. The number of aryl methyl sites for hydroxylation is 1. The van der Waals surface area contributed by atoms with Gasteiger partial charge in [-0.3, -0.25) is 0 Å². The summed E-state index contributed by atoms with van der Waals surface area (Å²) in [6, 6.07) is 6.52. The first-order valence-corrected chi connectivity index (χ1v) is 8.78. The van der Waals surface area contributed by atoms with E-state index in [4.69, 9.17) is 11.6 Å². The van der Waals surface area contributed by atoms with E-state index < -0.39 is 0 Å². The molecule has 2 rings (SSSR count). The van der Waals surface area contributed by atoms with Crippen molar-refractivity contribution in [1.29, 1.82) is 0 Å². The molecular weight excluding hydrogens is 278 g/mol. The van der Waals surface area contributed by atoms with Gasteiger partial charge < -0.3 is 5.32 Å². The fourth-order valence-corrected chi connectivity index (χ4v) is 4.16. The molecule has 21 heavy (non-hydrogen) atoms. The molecule has 1 aromatic carbocycles. The Bertz CT molecular complexity index is 455. The molecule has 0 amide bonds. The van der Waals surface area contributed by atoms with E-state index in [1.807, 2.05) is 0 Å². The predicted molar refractivity (Wildman–Crippen MR) is 93.0 cm³/mol. The number of benzene rings is 1. The summed E-state index contributed by atoms with van der Waals surface area (Å²) in [4.78, 5) is 0. The van der Waals surface area contributed by atoms with E-state index in [9.17, 15) is 0 Å². The zero-order chi connectivity index (χ0) is 15.4. The van der Waals surface area contributed by atoms with Crippen LogP contribution in [0.4, 0.5) is 0 Å². The largest absolute Gasteiger partial charge is 0.319 e. The van der Waals surface area contributed by atoms with Crippen molar-refractivity contribution >= 4 is 11.6 Å². The monoisotopic (exact) mass is 307 g/mol. The van der Waals surface area contributed by atoms with Crippen molar-refractivity contribution in [3.05, 3.63) is 34.3 Å². The smallest absolute Gasteiger partial charge is 0.0440 e. The van der Waals surface area contributed by atoms with Gasteiger partial charge in [-0.15, -0.1) is 0 Å². The molecule has 118 valence electrons. The molecule has 0 aliphatic heterocycles. The third-order valence-corrected chi connectivity index (χ3v) is 5.63. The van der Waals surface area contributed by atoms with Crippen molar-refractivity contribution in [3.8, 4) is 0 Å². The van der Waals surface area contributed by atoms with Crippen LogP contribution in [0.5, 0.6) is 0 Å². The summed E-state index contributed by atoms with van der Waals surface area (Å²) in [6.45, 7) is 7.99. The minimum atomic E-state index is 0.763. The lowest BCUT2D eigenvalue weighted by Gasteiger charge is -2.38. The van der Waals surface area contributed by atoms with Gasteiger partial charge in [-0.05, 0) is 87.1 Å². The molecule has 1 fully saturated rings. The van der Waals surface area contributed by atoms with Gasteiger partial charge in [-0.2, -0.15) is 0 Å². The van der Waals surface area contributed by atoms with E-state index in [1.54, 1.807) is 0 Å². The van der Waals surface area contributed by atoms with Gasteiger partial charge in [0.1, 0.15) is 0 Å². The first-order chi connectivity index (χ1) is 10.0. The minimum absolute atomic E-state index is 0.763. The van der Waals surface area contributed by atoms with Crippen LogP contribution in [-0.4, -0.2) is 13.6 Å². The van der Waals surface area contributed by atoms with Gasteiger partial charge in [0.2, 0.25) is 0 Å². The Labute approximate surface area is 135 Å².